The van der Waals surface area contributed by atoms with Crippen LogP contribution in [0.1, 0.15) is 23.1 Å². The molecule has 7 heteroatoms. The van der Waals surface area contributed by atoms with Crippen LogP contribution in [0.5, 0.6) is 0 Å². The summed E-state index contributed by atoms with van der Waals surface area (Å²) in [4.78, 5) is 26.6. The predicted octanol–water partition coefficient (Wildman–Crippen LogP) is 0.300. The summed E-state index contributed by atoms with van der Waals surface area (Å²) in [6.45, 7) is 4.95. The summed E-state index contributed by atoms with van der Waals surface area (Å²) >= 11 is 0. The van der Waals surface area contributed by atoms with E-state index >= 15 is 0 Å². The molecule has 0 aliphatic heterocycles. The Balaban J connectivity index is 2.93. The number of aromatic nitrogens is 2. The highest BCUT2D eigenvalue weighted by Crippen LogP contribution is 2.08. The van der Waals surface area contributed by atoms with Crippen LogP contribution < -0.4 is 0 Å². The van der Waals surface area contributed by atoms with Gasteiger partial charge in [-0.15, -0.1) is 0 Å². The maximum atomic E-state index is 12.5. The molecule has 0 spiro atoms. The van der Waals surface area contributed by atoms with Gasteiger partial charge in [0.25, 0.3) is 5.91 Å². The largest absolute Gasteiger partial charge is 0.480 e. The summed E-state index contributed by atoms with van der Waals surface area (Å²) in [5.41, 5.74) is 1.18. The Kier molecular flexibility index (Phi) is 5.69. The minimum Gasteiger partial charge on any atom is -0.480 e. The molecule has 0 unspecified atom stereocenters. The van der Waals surface area contributed by atoms with Crippen molar-refractivity contribution in [1.82, 2.24) is 19.6 Å². The Labute approximate surface area is 118 Å². The Bertz CT molecular complexity index is 482. The topological polar surface area (TPSA) is 78.7 Å². The van der Waals surface area contributed by atoms with Crippen LogP contribution in [0.4, 0.5) is 0 Å². The summed E-state index contributed by atoms with van der Waals surface area (Å²) in [6, 6.07) is 1.69. The number of aryl methyl sites for hydroxylation is 2. The van der Waals surface area contributed by atoms with E-state index < -0.39 is 5.97 Å². The van der Waals surface area contributed by atoms with Crippen molar-refractivity contribution in [2.24, 2.45) is 0 Å². The molecule has 0 radical (unpaired) electrons. The van der Waals surface area contributed by atoms with E-state index in [2.05, 4.69) is 5.10 Å². The molecule has 1 rings (SSSR count). The van der Waals surface area contributed by atoms with Gasteiger partial charge in [0.1, 0.15) is 12.2 Å². The van der Waals surface area contributed by atoms with Gasteiger partial charge in [-0.1, -0.05) is 0 Å². The standard InChI is InChI=1S/C13H22N4O3/c1-5-17-11(8-10(2)14-17)13(20)16(9-12(18)19)7-6-15(3)4/h8H,5-7,9H2,1-4H3,(H,18,19). The first-order chi connectivity index (χ1) is 9.35. The molecule has 0 saturated heterocycles. The van der Waals surface area contributed by atoms with Gasteiger partial charge in [0, 0.05) is 19.6 Å². The van der Waals surface area contributed by atoms with Crippen LogP contribution >= 0.6 is 0 Å². The zero-order valence-electron chi connectivity index (χ0n) is 12.5. The molecule has 1 aromatic heterocycles. The first-order valence-electron chi connectivity index (χ1n) is 6.55. The lowest BCUT2D eigenvalue weighted by Crippen LogP contribution is -2.40. The number of likely N-dealkylation sites (N-methyl/N-ethyl adjacent to an activating group) is 1. The predicted molar refractivity (Wildman–Crippen MR) is 74.7 cm³/mol. The number of carboxylic acid groups (broad SMARTS) is 1. The molecule has 0 saturated carbocycles. The van der Waals surface area contributed by atoms with E-state index in [0.29, 0.717) is 25.3 Å². The number of amides is 1. The van der Waals surface area contributed by atoms with E-state index in [4.69, 9.17) is 5.11 Å². The fourth-order valence-electron chi connectivity index (χ4n) is 1.86. The average molecular weight is 282 g/mol. The molecule has 1 amide bonds. The second-order valence-corrected chi connectivity index (χ2v) is 4.91. The van der Waals surface area contributed by atoms with Crippen molar-refractivity contribution in [1.29, 1.82) is 0 Å². The fourth-order valence-corrected chi connectivity index (χ4v) is 1.86. The van der Waals surface area contributed by atoms with Crippen LogP contribution in [-0.4, -0.2) is 70.3 Å². The molecular formula is C13H22N4O3. The van der Waals surface area contributed by atoms with Gasteiger partial charge in [0.05, 0.1) is 5.69 Å². The molecule has 0 aliphatic carbocycles. The normalized spacial score (nSPS) is 10.8. The Morgan fingerprint density at radius 3 is 2.50 bits per heavy atom. The summed E-state index contributed by atoms with van der Waals surface area (Å²) in [6.07, 6.45) is 0. The molecule has 0 bridgehead atoms. The van der Waals surface area contributed by atoms with Gasteiger partial charge in [-0.2, -0.15) is 5.10 Å². The molecule has 0 fully saturated rings. The molecule has 112 valence electrons. The van der Waals surface area contributed by atoms with Gasteiger partial charge in [-0.3, -0.25) is 14.3 Å². The van der Waals surface area contributed by atoms with E-state index in [-0.39, 0.29) is 12.5 Å². The molecule has 1 aromatic rings. The Morgan fingerprint density at radius 1 is 1.35 bits per heavy atom. The van der Waals surface area contributed by atoms with Crippen molar-refractivity contribution in [3.05, 3.63) is 17.5 Å². The zero-order valence-corrected chi connectivity index (χ0v) is 12.5. The molecule has 7 nitrogen and oxygen atoms in total. The molecule has 0 aromatic carbocycles. The molecule has 1 heterocycles. The number of rotatable bonds is 7. The molecule has 0 aliphatic rings. The van der Waals surface area contributed by atoms with Crippen LogP contribution in [0, 0.1) is 6.92 Å². The molecular weight excluding hydrogens is 260 g/mol. The minimum atomic E-state index is -1.02. The van der Waals surface area contributed by atoms with Crippen LogP contribution in [-0.2, 0) is 11.3 Å². The smallest absolute Gasteiger partial charge is 0.323 e. The van der Waals surface area contributed by atoms with E-state index in [0.717, 1.165) is 5.69 Å². The zero-order chi connectivity index (χ0) is 15.3. The number of aliphatic carboxylic acids is 1. The van der Waals surface area contributed by atoms with Crippen molar-refractivity contribution >= 4 is 11.9 Å². The third-order valence-electron chi connectivity index (χ3n) is 2.85. The number of carboxylic acids is 1. The highest BCUT2D eigenvalue weighted by Gasteiger charge is 2.22. The van der Waals surface area contributed by atoms with Gasteiger partial charge < -0.3 is 14.9 Å². The SMILES string of the molecule is CCn1nc(C)cc1C(=O)N(CCN(C)C)CC(=O)O. The molecule has 1 N–H and O–H groups in total. The lowest BCUT2D eigenvalue weighted by Gasteiger charge is -2.22. The van der Waals surface area contributed by atoms with E-state index in [1.165, 1.54) is 4.90 Å². The van der Waals surface area contributed by atoms with Gasteiger partial charge >= 0.3 is 5.97 Å². The highest BCUT2D eigenvalue weighted by molar-refractivity contribution is 5.94. The third kappa shape index (κ3) is 4.34. The van der Waals surface area contributed by atoms with Crippen molar-refractivity contribution < 1.29 is 14.7 Å². The fraction of sp³-hybridized carbons (Fsp3) is 0.615. The summed E-state index contributed by atoms with van der Waals surface area (Å²) in [7, 11) is 3.76. The van der Waals surface area contributed by atoms with E-state index in [1.54, 1.807) is 10.7 Å². The van der Waals surface area contributed by atoms with Crippen LogP contribution in [0.25, 0.3) is 0 Å². The van der Waals surface area contributed by atoms with E-state index in [1.807, 2.05) is 32.8 Å². The monoisotopic (exact) mass is 282 g/mol. The minimum absolute atomic E-state index is 0.295. The Morgan fingerprint density at radius 2 is 2.00 bits per heavy atom. The number of carbonyl (C=O) groups is 2. The second kappa shape index (κ2) is 7.04. The number of carbonyl (C=O) groups excluding carboxylic acids is 1. The van der Waals surface area contributed by atoms with Crippen molar-refractivity contribution in [2.45, 2.75) is 20.4 Å². The van der Waals surface area contributed by atoms with Gasteiger partial charge in [0.2, 0.25) is 0 Å². The average Bonchev–Trinajstić information content (AvgIpc) is 2.74. The van der Waals surface area contributed by atoms with E-state index in [9.17, 15) is 9.59 Å². The van der Waals surface area contributed by atoms with Crippen molar-refractivity contribution in [3.8, 4) is 0 Å². The van der Waals surface area contributed by atoms with Crippen LogP contribution in [0.3, 0.4) is 0 Å². The first kappa shape index (κ1) is 16.2. The number of hydrogen-bond donors (Lipinski definition) is 1. The summed E-state index contributed by atoms with van der Waals surface area (Å²) in [5.74, 6) is -1.31. The third-order valence-corrected chi connectivity index (χ3v) is 2.85. The second-order valence-electron chi connectivity index (χ2n) is 4.91. The van der Waals surface area contributed by atoms with Gasteiger partial charge in [-0.05, 0) is 34.0 Å². The first-order valence-corrected chi connectivity index (χ1v) is 6.55. The highest BCUT2D eigenvalue weighted by atomic mass is 16.4. The lowest BCUT2D eigenvalue weighted by molar-refractivity contribution is -0.137. The number of hydrogen-bond acceptors (Lipinski definition) is 4. The Hall–Kier alpha value is -1.89. The summed E-state index contributed by atoms with van der Waals surface area (Å²) in [5, 5.41) is 13.2. The van der Waals surface area contributed by atoms with Crippen molar-refractivity contribution in [2.75, 3.05) is 33.7 Å². The summed E-state index contributed by atoms with van der Waals surface area (Å²) < 4.78 is 1.60. The van der Waals surface area contributed by atoms with Crippen LogP contribution in [0.15, 0.2) is 6.07 Å². The maximum Gasteiger partial charge on any atom is 0.323 e. The van der Waals surface area contributed by atoms with Gasteiger partial charge in [0.15, 0.2) is 0 Å². The maximum absolute atomic E-state index is 12.5. The quantitative estimate of drug-likeness (QED) is 0.778. The molecule has 0 atom stereocenters. The number of nitrogens with zero attached hydrogens (tertiary/aromatic N) is 4. The van der Waals surface area contributed by atoms with Crippen LogP contribution in [0.2, 0.25) is 0 Å². The van der Waals surface area contributed by atoms with Crippen molar-refractivity contribution in [3.63, 3.8) is 0 Å². The lowest BCUT2D eigenvalue weighted by atomic mass is 10.3. The van der Waals surface area contributed by atoms with Gasteiger partial charge in [-0.25, -0.2) is 0 Å². The molecule has 20 heavy (non-hydrogen) atoms.